The number of rotatable bonds is 8. The van der Waals surface area contributed by atoms with Crippen LogP contribution in [0, 0.1) is 18.8 Å². The molecule has 0 unspecified atom stereocenters. The predicted octanol–water partition coefficient (Wildman–Crippen LogP) is 4.84. The molecule has 1 saturated carbocycles. The molecule has 0 bridgehead atoms. The van der Waals surface area contributed by atoms with Gasteiger partial charge in [-0.3, -0.25) is 0 Å². The van der Waals surface area contributed by atoms with E-state index in [1.807, 2.05) is 43.3 Å². The van der Waals surface area contributed by atoms with Gasteiger partial charge in [0.2, 0.25) is 0 Å². The van der Waals surface area contributed by atoms with Gasteiger partial charge in [0.15, 0.2) is 0 Å². The van der Waals surface area contributed by atoms with E-state index in [2.05, 4.69) is 4.98 Å². The van der Waals surface area contributed by atoms with Gasteiger partial charge in [-0.25, -0.2) is 14.3 Å². The maximum atomic E-state index is 13.0. The first-order valence-corrected chi connectivity index (χ1v) is 11.9. The van der Waals surface area contributed by atoms with Crippen LogP contribution in [0.5, 0.6) is 0 Å². The lowest BCUT2D eigenvalue weighted by molar-refractivity contribution is -0.142. The molecule has 0 atom stereocenters. The van der Waals surface area contributed by atoms with Crippen LogP contribution in [0.25, 0.3) is 22.5 Å². The second kappa shape index (κ2) is 10.9. The Morgan fingerprint density at radius 3 is 2.44 bits per heavy atom. The lowest BCUT2D eigenvalue weighted by Gasteiger charge is -2.28. The van der Waals surface area contributed by atoms with E-state index in [4.69, 9.17) is 26.5 Å². The number of benzene rings is 2. The number of aromatic nitrogens is 3. The Morgan fingerprint density at radius 1 is 1.06 bits per heavy atom. The number of nitrogens with zero attached hydrogens (tertiary/aromatic N) is 3. The van der Waals surface area contributed by atoms with Gasteiger partial charge in [-0.2, -0.15) is 10.1 Å². The molecule has 7 nitrogen and oxygen atoms in total. The Bertz CT molecular complexity index is 1200. The average Bonchev–Trinajstić information content (AvgIpc) is 2.81. The standard InChI is InChI=1S/C26H28ClN3O4/c1-17-5-11-20(12-6-17)25-24(21-3-2-4-22(27)13-21)28-26(33)30(29-25)14-18-7-9-19(10-8-18)15-34-16-23(31)32/h2-6,11-13,18-19H,7-10,14-16H2,1H3,(H,31,32)/t18-,19-. The minimum absolute atomic E-state index is 0.258. The highest BCUT2D eigenvalue weighted by Gasteiger charge is 2.24. The molecule has 178 valence electrons. The molecule has 2 aromatic carbocycles. The zero-order valence-corrected chi connectivity index (χ0v) is 19.9. The molecule has 1 N–H and O–H groups in total. The van der Waals surface area contributed by atoms with Crippen LogP contribution in [0.2, 0.25) is 5.02 Å². The summed E-state index contributed by atoms with van der Waals surface area (Å²) in [7, 11) is 0. The summed E-state index contributed by atoms with van der Waals surface area (Å²) in [5, 5.41) is 14.1. The minimum Gasteiger partial charge on any atom is -0.480 e. The Morgan fingerprint density at radius 2 is 1.76 bits per heavy atom. The third kappa shape index (κ3) is 6.10. The molecule has 1 aromatic heterocycles. The van der Waals surface area contributed by atoms with Gasteiger partial charge in [0, 0.05) is 22.7 Å². The Kier molecular flexibility index (Phi) is 7.75. The number of carboxylic acid groups (broad SMARTS) is 1. The molecule has 1 fully saturated rings. The number of carbonyl (C=O) groups is 1. The fraction of sp³-hybridized carbons (Fsp3) is 0.385. The van der Waals surface area contributed by atoms with Crippen molar-refractivity contribution in [3.05, 3.63) is 69.6 Å². The summed E-state index contributed by atoms with van der Waals surface area (Å²) < 4.78 is 6.74. The van der Waals surface area contributed by atoms with Crippen LogP contribution in [-0.2, 0) is 16.1 Å². The summed E-state index contributed by atoms with van der Waals surface area (Å²) in [6, 6.07) is 15.3. The summed E-state index contributed by atoms with van der Waals surface area (Å²) in [6.45, 7) is 2.73. The molecule has 0 radical (unpaired) electrons. The number of hydrogen-bond donors (Lipinski definition) is 1. The first kappa shape index (κ1) is 24.1. The van der Waals surface area contributed by atoms with Crippen LogP contribution >= 0.6 is 11.6 Å². The van der Waals surface area contributed by atoms with Crippen molar-refractivity contribution in [3.8, 4) is 22.5 Å². The van der Waals surface area contributed by atoms with Crippen molar-refractivity contribution in [2.75, 3.05) is 13.2 Å². The maximum Gasteiger partial charge on any atom is 0.364 e. The van der Waals surface area contributed by atoms with Crippen molar-refractivity contribution in [1.29, 1.82) is 0 Å². The van der Waals surface area contributed by atoms with Crippen molar-refractivity contribution < 1.29 is 14.6 Å². The van der Waals surface area contributed by atoms with E-state index in [1.165, 1.54) is 4.68 Å². The Labute approximate surface area is 203 Å². The Hall–Kier alpha value is -3.03. The van der Waals surface area contributed by atoms with E-state index in [1.54, 1.807) is 12.1 Å². The van der Waals surface area contributed by atoms with Gasteiger partial charge in [-0.1, -0.05) is 53.6 Å². The summed E-state index contributed by atoms with van der Waals surface area (Å²) in [5.74, 6) is -0.283. The number of aliphatic carboxylic acids is 1. The first-order valence-electron chi connectivity index (χ1n) is 11.5. The molecule has 0 aliphatic heterocycles. The predicted molar refractivity (Wildman–Crippen MR) is 131 cm³/mol. The lowest BCUT2D eigenvalue weighted by Crippen LogP contribution is -2.31. The normalized spacial score (nSPS) is 18.1. The third-order valence-corrected chi connectivity index (χ3v) is 6.51. The molecular weight excluding hydrogens is 454 g/mol. The third-order valence-electron chi connectivity index (χ3n) is 6.27. The van der Waals surface area contributed by atoms with Crippen LogP contribution < -0.4 is 5.69 Å². The quantitative estimate of drug-likeness (QED) is 0.494. The van der Waals surface area contributed by atoms with Crippen LogP contribution in [0.1, 0.15) is 31.2 Å². The second-order valence-corrected chi connectivity index (χ2v) is 9.38. The number of hydrogen-bond acceptors (Lipinski definition) is 5. The van der Waals surface area contributed by atoms with E-state index in [-0.39, 0.29) is 12.3 Å². The zero-order valence-electron chi connectivity index (χ0n) is 19.1. The highest BCUT2D eigenvalue weighted by atomic mass is 35.5. The van der Waals surface area contributed by atoms with Gasteiger partial charge in [0.25, 0.3) is 0 Å². The molecule has 1 aliphatic rings. The molecule has 1 aliphatic carbocycles. The monoisotopic (exact) mass is 481 g/mol. The summed E-state index contributed by atoms with van der Waals surface area (Å²) in [4.78, 5) is 28.0. The van der Waals surface area contributed by atoms with Crippen molar-refractivity contribution >= 4 is 17.6 Å². The zero-order chi connectivity index (χ0) is 24.1. The molecule has 0 saturated heterocycles. The van der Waals surface area contributed by atoms with Crippen molar-refractivity contribution in [2.24, 2.45) is 11.8 Å². The summed E-state index contributed by atoms with van der Waals surface area (Å²) >= 11 is 6.20. The summed E-state index contributed by atoms with van der Waals surface area (Å²) in [6.07, 6.45) is 3.76. The van der Waals surface area contributed by atoms with E-state index >= 15 is 0 Å². The molecule has 34 heavy (non-hydrogen) atoms. The Balaban J connectivity index is 1.56. The van der Waals surface area contributed by atoms with Crippen LogP contribution in [0.15, 0.2) is 53.3 Å². The van der Waals surface area contributed by atoms with Gasteiger partial charge in [-0.05, 0) is 56.6 Å². The average molecular weight is 482 g/mol. The second-order valence-electron chi connectivity index (χ2n) is 8.95. The van der Waals surface area contributed by atoms with Gasteiger partial charge < -0.3 is 9.84 Å². The van der Waals surface area contributed by atoms with Crippen molar-refractivity contribution in [2.45, 2.75) is 39.2 Å². The smallest absolute Gasteiger partial charge is 0.364 e. The van der Waals surface area contributed by atoms with Crippen LogP contribution in [0.3, 0.4) is 0 Å². The number of ether oxygens (including phenoxy) is 1. The topological polar surface area (TPSA) is 94.3 Å². The largest absolute Gasteiger partial charge is 0.480 e. The van der Waals surface area contributed by atoms with E-state index in [0.29, 0.717) is 41.4 Å². The number of aryl methyl sites for hydroxylation is 1. The molecule has 0 spiro atoms. The molecule has 8 heteroatoms. The summed E-state index contributed by atoms with van der Waals surface area (Å²) in [5.41, 5.74) is 3.57. The van der Waals surface area contributed by atoms with Crippen molar-refractivity contribution in [3.63, 3.8) is 0 Å². The molecule has 1 heterocycles. The molecule has 3 aromatic rings. The molecular formula is C26H28ClN3O4. The van der Waals surface area contributed by atoms with Gasteiger partial charge in [0.1, 0.15) is 18.0 Å². The van der Waals surface area contributed by atoms with E-state index in [0.717, 1.165) is 42.4 Å². The van der Waals surface area contributed by atoms with Gasteiger partial charge in [0.05, 0.1) is 6.61 Å². The minimum atomic E-state index is -0.947. The lowest BCUT2D eigenvalue weighted by atomic mass is 9.82. The first-order chi connectivity index (χ1) is 16.4. The van der Waals surface area contributed by atoms with Crippen LogP contribution in [-0.4, -0.2) is 39.1 Å². The fourth-order valence-electron chi connectivity index (χ4n) is 4.42. The van der Waals surface area contributed by atoms with E-state index < -0.39 is 5.97 Å². The fourth-order valence-corrected chi connectivity index (χ4v) is 4.61. The van der Waals surface area contributed by atoms with Gasteiger partial charge >= 0.3 is 11.7 Å². The van der Waals surface area contributed by atoms with Crippen molar-refractivity contribution in [1.82, 2.24) is 14.8 Å². The number of halogens is 1. The molecule has 4 rings (SSSR count). The highest BCUT2D eigenvalue weighted by molar-refractivity contribution is 6.30. The maximum absolute atomic E-state index is 13.0. The number of carboxylic acids is 1. The van der Waals surface area contributed by atoms with E-state index in [9.17, 15) is 9.59 Å². The molecule has 0 amide bonds. The van der Waals surface area contributed by atoms with Crippen LogP contribution in [0.4, 0.5) is 0 Å². The van der Waals surface area contributed by atoms with Gasteiger partial charge in [-0.15, -0.1) is 0 Å². The SMILES string of the molecule is Cc1ccc(-c2nn(C[C@H]3CC[C@H](COCC(=O)O)CC3)c(=O)nc2-c2cccc(Cl)c2)cc1. The highest BCUT2D eigenvalue weighted by Crippen LogP contribution is 2.31.